The Morgan fingerprint density at radius 3 is 2.59 bits per heavy atom. The van der Waals surface area contributed by atoms with Gasteiger partial charge >= 0.3 is 6.18 Å². The van der Waals surface area contributed by atoms with Crippen LogP contribution in [0.3, 0.4) is 0 Å². The molecule has 8 nitrogen and oxygen atoms in total. The number of hydrogen-bond donors (Lipinski definition) is 2. The van der Waals surface area contributed by atoms with E-state index in [1.807, 2.05) is 0 Å². The van der Waals surface area contributed by atoms with Crippen LogP contribution in [0.15, 0.2) is 30.3 Å². The molecular weight excluding hydrogens is 564 g/mol. The number of alkyl halides is 3. The van der Waals surface area contributed by atoms with E-state index in [1.54, 1.807) is 0 Å². The van der Waals surface area contributed by atoms with E-state index in [0.717, 1.165) is 41.6 Å². The van der Waals surface area contributed by atoms with Crippen molar-refractivity contribution in [2.45, 2.75) is 31.5 Å². The number of morpholine rings is 1. The molecule has 0 unspecified atom stereocenters. The first-order chi connectivity index (χ1) is 18.5. The number of hydrogen-bond acceptors (Lipinski definition) is 6. The SMILES string of the molecule is O=C(NC[C@H](C(=O)Nc1ccc(N2CCOCC2=O)c(F)c1)N(CC1CCC1)CC(F)(F)F)c1ccc(Cl)s1. The van der Waals surface area contributed by atoms with Crippen molar-refractivity contribution in [1.82, 2.24) is 10.2 Å². The van der Waals surface area contributed by atoms with Gasteiger partial charge in [0, 0.05) is 25.3 Å². The van der Waals surface area contributed by atoms with Crippen LogP contribution in [-0.2, 0) is 14.3 Å². The number of nitrogens with one attached hydrogen (secondary N) is 2. The third kappa shape index (κ3) is 7.90. The Labute approximate surface area is 231 Å². The lowest BCUT2D eigenvalue weighted by molar-refractivity contribution is -0.155. The third-order valence-corrected chi connectivity index (χ3v) is 7.82. The minimum Gasteiger partial charge on any atom is -0.370 e. The highest BCUT2D eigenvalue weighted by Gasteiger charge is 2.38. The lowest BCUT2D eigenvalue weighted by Gasteiger charge is -2.37. The lowest BCUT2D eigenvalue weighted by Crippen LogP contribution is -2.55. The molecule has 0 spiro atoms. The molecule has 2 fully saturated rings. The normalized spacial score (nSPS) is 17.2. The first-order valence-corrected chi connectivity index (χ1v) is 13.5. The minimum absolute atomic E-state index is 0.000994. The summed E-state index contributed by atoms with van der Waals surface area (Å²) in [5, 5.41) is 5.02. The maximum atomic E-state index is 14.9. The number of rotatable bonds is 10. The van der Waals surface area contributed by atoms with Gasteiger partial charge in [0.15, 0.2) is 0 Å². The van der Waals surface area contributed by atoms with Crippen molar-refractivity contribution >= 4 is 52.0 Å². The summed E-state index contributed by atoms with van der Waals surface area (Å²) in [6, 6.07) is 5.27. The predicted molar refractivity (Wildman–Crippen MR) is 139 cm³/mol. The highest BCUT2D eigenvalue weighted by molar-refractivity contribution is 7.18. The summed E-state index contributed by atoms with van der Waals surface area (Å²) in [5.74, 6) is -2.62. The predicted octanol–water partition coefficient (Wildman–Crippen LogP) is 4.31. The Hall–Kier alpha value is -2.74. The van der Waals surface area contributed by atoms with Crippen molar-refractivity contribution in [1.29, 1.82) is 0 Å². The average Bonchev–Trinajstić information content (AvgIpc) is 3.27. The van der Waals surface area contributed by atoms with Gasteiger partial charge in [0.1, 0.15) is 18.5 Å². The zero-order valence-electron chi connectivity index (χ0n) is 20.7. The first-order valence-electron chi connectivity index (χ1n) is 12.3. The topological polar surface area (TPSA) is 91.0 Å². The number of ether oxygens (including phenoxy) is 1. The van der Waals surface area contributed by atoms with Crippen molar-refractivity contribution in [2.24, 2.45) is 5.92 Å². The fourth-order valence-electron chi connectivity index (χ4n) is 4.44. The maximum absolute atomic E-state index is 14.9. The van der Waals surface area contributed by atoms with E-state index < -0.39 is 48.8 Å². The zero-order valence-corrected chi connectivity index (χ0v) is 22.3. The molecular formula is C25H27ClF4N4O4S. The fourth-order valence-corrected chi connectivity index (χ4v) is 5.40. The first kappa shape index (κ1) is 29.2. The van der Waals surface area contributed by atoms with E-state index in [1.165, 1.54) is 29.2 Å². The molecule has 4 rings (SSSR count). The summed E-state index contributed by atoms with van der Waals surface area (Å²) in [7, 11) is 0. The largest absolute Gasteiger partial charge is 0.401 e. The van der Waals surface area contributed by atoms with Crippen LogP contribution in [0.5, 0.6) is 0 Å². The fraction of sp³-hybridized carbons (Fsp3) is 0.480. The van der Waals surface area contributed by atoms with E-state index in [-0.39, 0.29) is 48.5 Å². The number of nitrogens with zero attached hydrogens (tertiary/aromatic N) is 2. The molecule has 39 heavy (non-hydrogen) atoms. The second-order valence-electron chi connectivity index (χ2n) is 9.42. The molecule has 2 heterocycles. The molecule has 212 valence electrons. The molecule has 2 aliphatic rings. The van der Waals surface area contributed by atoms with Gasteiger partial charge in [-0.1, -0.05) is 18.0 Å². The summed E-state index contributed by atoms with van der Waals surface area (Å²) in [4.78, 5) is 40.5. The van der Waals surface area contributed by atoms with Crippen LogP contribution in [0.4, 0.5) is 28.9 Å². The third-order valence-electron chi connectivity index (χ3n) is 6.59. The summed E-state index contributed by atoms with van der Waals surface area (Å²) < 4.78 is 60.9. The van der Waals surface area contributed by atoms with Crippen LogP contribution in [0.25, 0.3) is 0 Å². The number of anilines is 2. The highest BCUT2D eigenvalue weighted by atomic mass is 35.5. The molecule has 2 N–H and O–H groups in total. The van der Waals surface area contributed by atoms with Crippen molar-refractivity contribution < 1.29 is 36.7 Å². The number of benzene rings is 1. The van der Waals surface area contributed by atoms with Crippen LogP contribution in [0, 0.1) is 11.7 Å². The van der Waals surface area contributed by atoms with Gasteiger partial charge in [0.2, 0.25) is 5.91 Å². The van der Waals surface area contributed by atoms with Crippen LogP contribution < -0.4 is 15.5 Å². The van der Waals surface area contributed by atoms with E-state index in [4.69, 9.17) is 16.3 Å². The summed E-state index contributed by atoms with van der Waals surface area (Å²) in [5.41, 5.74) is 0.00216. The molecule has 1 atom stereocenters. The highest BCUT2D eigenvalue weighted by Crippen LogP contribution is 2.30. The van der Waals surface area contributed by atoms with Crippen LogP contribution in [0.2, 0.25) is 4.34 Å². The second-order valence-corrected chi connectivity index (χ2v) is 11.1. The van der Waals surface area contributed by atoms with E-state index in [2.05, 4.69) is 10.6 Å². The van der Waals surface area contributed by atoms with Crippen molar-refractivity contribution in [3.05, 3.63) is 45.4 Å². The maximum Gasteiger partial charge on any atom is 0.401 e. The van der Waals surface area contributed by atoms with Gasteiger partial charge < -0.3 is 20.3 Å². The quantitative estimate of drug-likeness (QED) is 0.403. The summed E-state index contributed by atoms with van der Waals surface area (Å²) in [6.07, 6.45) is -2.20. The molecule has 1 aromatic carbocycles. The van der Waals surface area contributed by atoms with Gasteiger partial charge in [-0.2, -0.15) is 13.2 Å². The number of carbonyl (C=O) groups excluding carboxylic acids is 3. The van der Waals surface area contributed by atoms with Gasteiger partial charge in [-0.3, -0.25) is 19.3 Å². The molecule has 14 heteroatoms. The van der Waals surface area contributed by atoms with E-state index >= 15 is 0 Å². The smallest absolute Gasteiger partial charge is 0.370 e. The van der Waals surface area contributed by atoms with Crippen molar-refractivity contribution in [3.63, 3.8) is 0 Å². The van der Waals surface area contributed by atoms with Gasteiger partial charge in [-0.15, -0.1) is 11.3 Å². The van der Waals surface area contributed by atoms with Gasteiger partial charge in [0.05, 0.1) is 28.1 Å². The monoisotopic (exact) mass is 590 g/mol. The molecule has 0 radical (unpaired) electrons. The Morgan fingerprint density at radius 1 is 1.23 bits per heavy atom. The second kappa shape index (κ2) is 12.6. The Bertz CT molecular complexity index is 1210. The Balaban J connectivity index is 1.53. The Kier molecular flexibility index (Phi) is 9.47. The van der Waals surface area contributed by atoms with Gasteiger partial charge in [-0.05, 0) is 49.1 Å². The molecule has 2 aromatic rings. The van der Waals surface area contributed by atoms with E-state index in [0.29, 0.717) is 4.34 Å². The van der Waals surface area contributed by atoms with E-state index in [9.17, 15) is 31.9 Å². The number of carbonyl (C=O) groups is 3. The molecule has 3 amide bonds. The lowest BCUT2D eigenvalue weighted by atomic mass is 9.84. The van der Waals surface area contributed by atoms with Crippen molar-refractivity contribution in [2.75, 3.05) is 49.6 Å². The molecule has 0 bridgehead atoms. The van der Waals surface area contributed by atoms with Gasteiger partial charge in [-0.25, -0.2) is 4.39 Å². The van der Waals surface area contributed by atoms with Crippen LogP contribution >= 0.6 is 22.9 Å². The number of amides is 3. The molecule has 1 aliphatic heterocycles. The Morgan fingerprint density at radius 2 is 2.00 bits per heavy atom. The van der Waals surface area contributed by atoms with Crippen LogP contribution in [0.1, 0.15) is 28.9 Å². The van der Waals surface area contributed by atoms with Crippen LogP contribution in [-0.4, -0.2) is 74.2 Å². The number of thiophene rings is 1. The summed E-state index contributed by atoms with van der Waals surface area (Å²) in [6.45, 7) is -1.53. The van der Waals surface area contributed by atoms with Gasteiger partial charge in [0.25, 0.3) is 11.8 Å². The summed E-state index contributed by atoms with van der Waals surface area (Å²) >= 11 is 6.87. The zero-order chi connectivity index (χ0) is 28.2. The van der Waals surface area contributed by atoms with Crippen molar-refractivity contribution in [3.8, 4) is 0 Å². The molecule has 1 saturated carbocycles. The number of halogens is 5. The average molecular weight is 591 g/mol. The standard InChI is InChI=1S/C25H27ClF4N4O4S/c26-21-7-6-20(39-21)24(37)31-11-19(33(14-25(28,29)30)12-15-2-1-3-15)23(36)32-16-4-5-18(17(27)10-16)34-8-9-38-13-22(34)35/h4-7,10,15,19H,1-3,8-9,11-14H2,(H,31,37)(H,32,36)/t19-/m1/s1. The molecule has 1 aromatic heterocycles. The molecule has 1 aliphatic carbocycles. The molecule has 1 saturated heterocycles. The minimum atomic E-state index is -4.59.